The van der Waals surface area contributed by atoms with Gasteiger partial charge in [0.2, 0.25) is 11.8 Å². The summed E-state index contributed by atoms with van der Waals surface area (Å²) in [7, 11) is 0. The number of hydrogen-bond acceptors (Lipinski definition) is 3. The molecule has 2 atom stereocenters. The zero-order valence-corrected chi connectivity index (χ0v) is 11.1. The Balaban J connectivity index is 1.81. The molecule has 106 valence electrons. The monoisotopic (exact) mass is 276 g/mol. The number of amides is 2. The SMILES string of the molecule is CC(=O)Nc1ccc(CNC(=O)C2CC2C(=O)O)cc1. The van der Waals surface area contributed by atoms with Gasteiger partial charge in [-0.25, -0.2) is 0 Å². The Hall–Kier alpha value is -2.37. The maximum atomic E-state index is 11.7. The molecular weight excluding hydrogens is 260 g/mol. The Kier molecular flexibility index (Phi) is 4.02. The fourth-order valence-corrected chi connectivity index (χ4v) is 1.99. The number of benzene rings is 1. The highest BCUT2D eigenvalue weighted by Gasteiger charge is 2.48. The van der Waals surface area contributed by atoms with E-state index in [9.17, 15) is 14.4 Å². The average Bonchev–Trinajstić information content (AvgIpc) is 3.17. The minimum absolute atomic E-state index is 0.139. The van der Waals surface area contributed by atoms with Gasteiger partial charge in [-0.05, 0) is 24.1 Å². The van der Waals surface area contributed by atoms with Gasteiger partial charge >= 0.3 is 5.97 Å². The highest BCUT2D eigenvalue weighted by Crippen LogP contribution is 2.38. The average molecular weight is 276 g/mol. The molecule has 0 bridgehead atoms. The summed E-state index contributed by atoms with van der Waals surface area (Å²) in [6.07, 6.45) is 0.419. The van der Waals surface area contributed by atoms with Gasteiger partial charge < -0.3 is 15.7 Å². The molecule has 2 unspecified atom stereocenters. The number of hydrogen-bond donors (Lipinski definition) is 3. The molecule has 20 heavy (non-hydrogen) atoms. The first kappa shape index (κ1) is 14.0. The van der Waals surface area contributed by atoms with Crippen LogP contribution in [-0.2, 0) is 20.9 Å². The van der Waals surface area contributed by atoms with Gasteiger partial charge in [0.1, 0.15) is 0 Å². The molecule has 6 heteroatoms. The predicted molar refractivity (Wildman–Crippen MR) is 71.8 cm³/mol. The molecule has 1 aromatic rings. The van der Waals surface area contributed by atoms with E-state index in [1.54, 1.807) is 24.3 Å². The minimum Gasteiger partial charge on any atom is -0.481 e. The second-order valence-electron chi connectivity index (χ2n) is 4.88. The Morgan fingerprint density at radius 3 is 2.35 bits per heavy atom. The van der Waals surface area contributed by atoms with Crippen molar-refractivity contribution >= 4 is 23.5 Å². The molecule has 0 aliphatic heterocycles. The van der Waals surface area contributed by atoms with Gasteiger partial charge in [0, 0.05) is 19.2 Å². The lowest BCUT2D eigenvalue weighted by Crippen LogP contribution is -2.25. The summed E-state index contributed by atoms with van der Waals surface area (Å²) < 4.78 is 0. The first-order valence-corrected chi connectivity index (χ1v) is 6.34. The van der Waals surface area contributed by atoms with Gasteiger partial charge in [0.25, 0.3) is 0 Å². The maximum absolute atomic E-state index is 11.7. The normalized spacial score (nSPS) is 20.1. The van der Waals surface area contributed by atoms with Gasteiger partial charge in [0.15, 0.2) is 0 Å². The molecule has 0 heterocycles. The smallest absolute Gasteiger partial charge is 0.307 e. The summed E-state index contributed by atoms with van der Waals surface area (Å²) >= 11 is 0. The van der Waals surface area contributed by atoms with Crippen molar-refractivity contribution in [3.63, 3.8) is 0 Å². The zero-order chi connectivity index (χ0) is 14.7. The summed E-state index contributed by atoms with van der Waals surface area (Å²) in [4.78, 5) is 33.2. The molecule has 1 aromatic carbocycles. The summed E-state index contributed by atoms with van der Waals surface area (Å²) in [5.74, 6) is -2.20. The Bertz CT molecular complexity index is 539. The molecule has 0 saturated heterocycles. The number of aliphatic carboxylic acids is 1. The van der Waals surface area contributed by atoms with Gasteiger partial charge in [-0.1, -0.05) is 12.1 Å². The van der Waals surface area contributed by atoms with Gasteiger partial charge in [-0.15, -0.1) is 0 Å². The van der Waals surface area contributed by atoms with E-state index in [1.165, 1.54) is 6.92 Å². The topological polar surface area (TPSA) is 95.5 Å². The van der Waals surface area contributed by atoms with E-state index in [-0.39, 0.29) is 11.8 Å². The van der Waals surface area contributed by atoms with Gasteiger partial charge in [0.05, 0.1) is 11.8 Å². The third-order valence-corrected chi connectivity index (χ3v) is 3.19. The van der Waals surface area contributed by atoms with Crippen molar-refractivity contribution in [2.45, 2.75) is 19.9 Å². The number of carbonyl (C=O) groups is 3. The molecule has 2 rings (SSSR count). The second-order valence-corrected chi connectivity index (χ2v) is 4.88. The molecule has 1 aliphatic rings. The number of carboxylic acids is 1. The van der Waals surface area contributed by atoms with E-state index < -0.39 is 17.8 Å². The fraction of sp³-hybridized carbons (Fsp3) is 0.357. The number of nitrogens with one attached hydrogen (secondary N) is 2. The van der Waals surface area contributed by atoms with E-state index >= 15 is 0 Å². The summed E-state index contributed by atoms with van der Waals surface area (Å²) in [5.41, 5.74) is 1.58. The Labute approximate surface area is 116 Å². The van der Waals surface area contributed by atoms with Gasteiger partial charge in [-0.2, -0.15) is 0 Å². The number of anilines is 1. The van der Waals surface area contributed by atoms with Crippen LogP contribution in [0.2, 0.25) is 0 Å². The molecule has 0 radical (unpaired) electrons. The van der Waals surface area contributed by atoms with Crippen molar-refractivity contribution in [2.75, 3.05) is 5.32 Å². The van der Waals surface area contributed by atoms with Crippen molar-refractivity contribution in [3.8, 4) is 0 Å². The molecule has 0 aromatic heterocycles. The van der Waals surface area contributed by atoms with Crippen molar-refractivity contribution in [1.29, 1.82) is 0 Å². The first-order chi connectivity index (χ1) is 9.47. The molecule has 3 N–H and O–H groups in total. The van der Waals surface area contributed by atoms with Crippen molar-refractivity contribution in [2.24, 2.45) is 11.8 Å². The van der Waals surface area contributed by atoms with Crippen LogP contribution >= 0.6 is 0 Å². The highest BCUT2D eigenvalue weighted by molar-refractivity contribution is 5.89. The summed E-state index contributed by atoms with van der Waals surface area (Å²) in [5, 5.41) is 14.1. The molecule has 1 saturated carbocycles. The fourth-order valence-electron chi connectivity index (χ4n) is 1.99. The van der Waals surface area contributed by atoms with E-state index in [0.29, 0.717) is 18.7 Å². The Morgan fingerprint density at radius 1 is 1.20 bits per heavy atom. The van der Waals surface area contributed by atoms with Crippen LogP contribution in [-0.4, -0.2) is 22.9 Å². The zero-order valence-electron chi connectivity index (χ0n) is 11.1. The summed E-state index contributed by atoms with van der Waals surface area (Å²) in [6, 6.07) is 7.10. The number of carbonyl (C=O) groups excluding carboxylic acids is 2. The van der Waals surface area contributed by atoms with Crippen LogP contribution in [0.3, 0.4) is 0 Å². The predicted octanol–water partition coefficient (Wildman–Crippen LogP) is 0.982. The second kappa shape index (κ2) is 5.73. The maximum Gasteiger partial charge on any atom is 0.307 e. The number of rotatable bonds is 5. The quantitative estimate of drug-likeness (QED) is 0.747. The van der Waals surface area contributed by atoms with Gasteiger partial charge in [-0.3, -0.25) is 14.4 Å². The van der Waals surface area contributed by atoms with Crippen molar-refractivity contribution < 1.29 is 19.5 Å². The lowest BCUT2D eigenvalue weighted by atomic mass is 10.2. The molecule has 1 fully saturated rings. The van der Waals surface area contributed by atoms with Crippen LogP contribution in [0.4, 0.5) is 5.69 Å². The third-order valence-electron chi connectivity index (χ3n) is 3.19. The van der Waals surface area contributed by atoms with E-state index in [0.717, 1.165) is 5.56 Å². The van der Waals surface area contributed by atoms with Crippen LogP contribution in [0.25, 0.3) is 0 Å². The van der Waals surface area contributed by atoms with Crippen LogP contribution in [0.5, 0.6) is 0 Å². The third kappa shape index (κ3) is 3.57. The largest absolute Gasteiger partial charge is 0.481 e. The lowest BCUT2D eigenvalue weighted by molar-refractivity contribution is -0.140. The molecule has 6 nitrogen and oxygen atoms in total. The van der Waals surface area contributed by atoms with E-state index in [4.69, 9.17) is 5.11 Å². The van der Waals surface area contributed by atoms with Crippen molar-refractivity contribution in [3.05, 3.63) is 29.8 Å². The summed E-state index contributed by atoms with van der Waals surface area (Å²) in [6.45, 7) is 1.78. The van der Waals surface area contributed by atoms with E-state index in [2.05, 4.69) is 10.6 Å². The molecule has 1 aliphatic carbocycles. The first-order valence-electron chi connectivity index (χ1n) is 6.34. The Morgan fingerprint density at radius 2 is 1.85 bits per heavy atom. The molecular formula is C14H16N2O4. The molecule has 0 spiro atoms. The van der Waals surface area contributed by atoms with Crippen LogP contribution in [0, 0.1) is 11.8 Å². The highest BCUT2D eigenvalue weighted by atomic mass is 16.4. The number of carboxylic acid groups (broad SMARTS) is 1. The van der Waals surface area contributed by atoms with Crippen molar-refractivity contribution in [1.82, 2.24) is 5.32 Å². The van der Waals surface area contributed by atoms with E-state index in [1.807, 2.05) is 0 Å². The van der Waals surface area contributed by atoms with Crippen LogP contribution in [0.15, 0.2) is 24.3 Å². The molecule has 2 amide bonds. The lowest BCUT2D eigenvalue weighted by Gasteiger charge is -2.06. The van der Waals surface area contributed by atoms with Crippen LogP contribution < -0.4 is 10.6 Å². The minimum atomic E-state index is -0.912. The standard InChI is InChI=1S/C14H16N2O4/c1-8(17)16-10-4-2-9(3-5-10)7-15-13(18)11-6-12(11)14(19)20/h2-5,11-12H,6-7H2,1H3,(H,15,18)(H,16,17)(H,19,20). The van der Waals surface area contributed by atoms with Crippen LogP contribution in [0.1, 0.15) is 18.9 Å².